The van der Waals surface area contributed by atoms with Crippen molar-refractivity contribution in [2.45, 2.75) is 6.61 Å². The molecule has 0 fully saturated rings. The largest absolute Gasteiger partial charge is 0.489 e. The van der Waals surface area contributed by atoms with Gasteiger partial charge in [0.15, 0.2) is 0 Å². The monoisotopic (exact) mass is 452 g/mol. The molecule has 1 N–H and O–H groups in total. The van der Waals surface area contributed by atoms with Crippen molar-refractivity contribution in [3.63, 3.8) is 0 Å². The van der Waals surface area contributed by atoms with Gasteiger partial charge in [0.05, 0.1) is 6.21 Å². The van der Waals surface area contributed by atoms with Crippen molar-refractivity contribution in [1.82, 2.24) is 5.43 Å². The topological polar surface area (TPSA) is 59.9 Å². The lowest BCUT2D eigenvalue weighted by atomic mass is 10.2. The minimum absolute atomic E-state index is 0.149. The van der Waals surface area contributed by atoms with E-state index in [4.69, 9.17) is 39.1 Å². The summed E-state index contributed by atoms with van der Waals surface area (Å²) in [6.07, 6.45) is 6.71. The van der Waals surface area contributed by atoms with E-state index in [0.29, 0.717) is 32.7 Å². The number of carbonyl (C=O) groups is 1. The van der Waals surface area contributed by atoms with Crippen LogP contribution in [-0.4, -0.2) is 18.7 Å². The molecule has 1 amide bonds. The molecular weight excluding hydrogens is 435 g/mol. The highest BCUT2D eigenvalue weighted by molar-refractivity contribution is 6.35. The fourth-order valence-electron chi connectivity index (χ4n) is 2.57. The van der Waals surface area contributed by atoms with E-state index in [-0.39, 0.29) is 19.1 Å². The number of rotatable bonds is 8. The van der Waals surface area contributed by atoms with Gasteiger partial charge >= 0.3 is 0 Å². The number of nitrogens with zero attached hydrogens (tertiary/aromatic N) is 1. The Balaban J connectivity index is 1.56. The Morgan fingerprint density at radius 1 is 1.06 bits per heavy atom. The van der Waals surface area contributed by atoms with Crippen molar-refractivity contribution < 1.29 is 14.3 Å². The number of hydrogen-bond acceptors (Lipinski definition) is 4. The molecule has 31 heavy (non-hydrogen) atoms. The maximum Gasteiger partial charge on any atom is 0.271 e. The van der Waals surface area contributed by atoms with Crippen LogP contribution in [0, 0.1) is 12.3 Å². The van der Waals surface area contributed by atoms with Crippen molar-refractivity contribution in [1.29, 1.82) is 0 Å². The Morgan fingerprint density at radius 3 is 2.58 bits per heavy atom. The second-order valence-corrected chi connectivity index (χ2v) is 7.12. The van der Waals surface area contributed by atoms with Crippen LogP contribution in [0.5, 0.6) is 11.5 Å². The smallest absolute Gasteiger partial charge is 0.271 e. The number of halogens is 2. The molecule has 0 aliphatic carbocycles. The first-order chi connectivity index (χ1) is 15.1. The molecule has 0 heterocycles. The van der Waals surface area contributed by atoms with Crippen LogP contribution in [-0.2, 0) is 6.61 Å². The zero-order valence-electron chi connectivity index (χ0n) is 16.3. The molecule has 0 atom stereocenters. The summed E-state index contributed by atoms with van der Waals surface area (Å²) in [7, 11) is 0. The summed E-state index contributed by atoms with van der Waals surface area (Å²) in [6.45, 7) is 0.433. The number of para-hydroxylation sites is 1. The maximum atomic E-state index is 12.3. The highest BCUT2D eigenvalue weighted by Crippen LogP contribution is 2.23. The molecule has 7 heteroatoms. The van der Waals surface area contributed by atoms with Crippen LogP contribution in [0.3, 0.4) is 0 Å². The van der Waals surface area contributed by atoms with E-state index in [9.17, 15) is 4.79 Å². The average molecular weight is 453 g/mol. The van der Waals surface area contributed by atoms with Gasteiger partial charge in [-0.25, -0.2) is 5.43 Å². The first kappa shape index (κ1) is 22.2. The van der Waals surface area contributed by atoms with Gasteiger partial charge in [0.1, 0.15) is 24.7 Å². The van der Waals surface area contributed by atoms with E-state index >= 15 is 0 Å². The molecule has 5 nitrogen and oxygen atoms in total. The summed E-state index contributed by atoms with van der Waals surface area (Å²) in [5.74, 6) is 3.24. The lowest BCUT2D eigenvalue weighted by Gasteiger charge is -2.09. The minimum atomic E-state index is -0.356. The van der Waals surface area contributed by atoms with E-state index in [1.54, 1.807) is 54.6 Å². The molecule has 0 aliphatic rings. The van der Waals surface area contributed by atoms with Crippen LogP contribution in [0.4, 0.5) is 0 Å². The summed E-state index contributed by atoms with van der Waals surface area (Å²) < 4.78 is 11.2. The van der Waals surface area contributed by atoms with E-state index < -0.39 is 0 Å². The number of ether oxygens (including phenoxy) is 2. The molecular formula is C24H18Cl2N2O3. The molecule has 3 aromatic rings. The number of terminal acetylenes is 1. The number of amides is 1. The van der Waals surface area contributed by atoms with E-state index in [0.717, 1.165) is 5.56 Å². The van der Waals surface area contributed by atoms with Gasteiger partial charge in [-0.1, -0.05) is 47.3 Å². The molecule has 0 bridgehead atoms. The first-order valence-electron chi connectivity index (χ1n) is 9.22. The third-order valence-electron chi connectivity index (χ3n) is 4.13. The number of hydrazone groups is 1. The SMILES string of the molecule is C#CCOc1ccccc1/C=N\NC(=O)c1ccc(OCc2ccc(Cl)cc2Cl)cc1. The molecule has 0 aliphatic heterocycles. The normalized spacial score (nSPS) is 10.5. The molecule has 0 spiro atoms. The molecule has 0 saturated carbocycles. The fraction of sp³-hybridized carbons (Fsp3) is 0.0833. The standard InChI is InChI=1S/C24H18Cl2N2O3/c1-2-13-30-23-6-4-3-5-18(23)15-27-28-24(29)17-8-11-21(12-9-17)31-16-19-7-10-20(25)14-22(19)26/h1,3-12,14-15H,13,16H2,(H,28,29)/b27-15-. The molecule has 0 unspecified atom stereocenters. The Kier molecular flexibility index (Phi) is 7.94. The highest BCUT2D eigenvalue weighted by atomic mass is 35.5. The van der Waals surface area contributed by atoms with Gasteiger partial charge in [-0.2, -0.15) is 5.10 Å². The molecule has 0 radical (unpaired) electrons. The summed E-state index contributed by atoms with van der Waals surface area (Å²) in [5.41, 5.74) is 4.43. The van der Waals surface area contributed by atoms with Gasteiger partial charge in [-0.05, 0) is 48.5 Å². The van der Waals surface area contributed by atoms with Crippen molar-refractivity contribution in [3.8, 4) is 23.8 Å². The van der Waals surface area contributed by atoms with Gasteiger partial charge < -0.3 is 9.47 Å². The van der Waals surface area contributed by atoms with Crippen molar-refractivity contribution in [2.24, 2.45) is 5.10 Å². The predicted molar refractivity (Wildman–Crippen MR) is 123 cm³/mol. The van der Waals surface area contributed by atoms with E-state index in [1.165, 1.54) is 6.21 Å². The quantitative estimate of drug-likeness (QED) is 0.284. The van der Waals surface area contributed by atoms with Crippen LogP contribution in [0.15, 0.2) is 71.8 Å². The maximum absolute atomic E-state index is 12.3. The van der Waals surface area contributed by atoms with E-state index in [2.05, 4.69) is 16.4 Å². The van der Waals surface area contributed by atoms with Gasteiger partial charge in [-0.15, -0.1) is 6.42 Å². The van der Waals surface area contributed by atoms with Crippen LogP contribution < -0.4 is 14.9 Å². The molecule has 0 saturated heterocycles. The molecule has 3 aromatic carbocycles. The van der Waals surface area contributed by atoms with Gasteiger partial charge in [0, 0.05) is 26.7 Å². The van der Waals surface area contributed by atoms with E-state index in [1.807, 2.05) is 12.1 Å². The average Bonchev–Trinajstić information content (AvgIpc) is 2.78. The lowest BCUT2D eigenvalue weighted by molar-refractivity contribution is 0.0955. The summed E-state index contributed by atoms with van der Waals surface area (Å²) in [4.78, 5) is 12.3. The molecule has 3 rings (SSSR count). The van der Waals surface area contributed by atoms with Gasteiger partial charge in [0.2, 0.25) is 0 Å². The Hall–Kier alpha value is -3.46. The zero-order valence-corrected chi connectivity index (χ0v) is 17.9. The third kappa shape index (κ3) is 6.51. The second kappa shape index (κ2) is 11.1. The Bertz CT molecular complexity index is 1120. The predicted octanol–water partition coefficient (Wildman–Crippen LogP) is 5.35. The number of carbonyl (C=O) groups excluding carboxylic acids is 1. The minimum Gasteiger partial charge on any atom is -0.489 e. The van der Waals surface area contributed by atoms with Gasteiger partial charge in [-0.3, -0.25) is 4.79 Å². The number of benzene rings is 3. The summed E-state index contributed by atoms with van der Waals surface area (Å²) in [5, 5.41) is 5.09. The Morgan fingerprint density at radius 2 is 1.84 bits per heavy atom. The van der Waals surface area contributed by atoms with Crippen LogP contribution in [0.2, 0.25) is 10.0 Å². The summed E-state index contributed by atoms with van der Waals surface area (Å²) in [6, 6.07) is 19.2. The fourth-order valence-corrected chi connectivity index (χ4v) is 3.03. The van der Waals surface area contributed by atoms with Gasteiger partial charge in [0.25, 0.3) is 5.91 Å². The molecule has 0 aromatic heterocycles. The summed E-state index contributed by atoms with van der Waals surface area (Å²) >= 11 is 12.0. The zero-order chi connectivity index (χ0) is 22.1. The first-order valence-corrected chi connectivity index (χ1v) is 9.98. The van der Waals surface area contributed by atoms with Crippen molar-refractivity contribution in [2.75, 3.05) is 6.61 Å². The number of hydrogen-bond donors (Lipinski definition) is 1. The number of nitrogens with one attached hydrogen (secondary N) is 1. The lowest BCUT2D eigenvalue weighted by Crippen LogP contribution is -2.17. The van der Waals surface area contributed by atoms with Crippen LogP contribution in [0.1, 0.15) is 21.5 Å². The second-order valence-electron chi connectivity index (χ2n) is 6.28. The van der Waals surface area contributed by atoms with Crippen LogP contribution in [0.25, 0.3) is 0 Å². The highest BCUT2D eigenvalue weighted by Gasteiger charge is 2.06. The Labute approximate surface area is 190 Å². The van der Waals surface area contributed by atoms with Crippen LogP contribution >= 0.6 is 23.2 Å². The third-order valence-corrected chi connectivity index (χ3v) is 4.71. The van der Waals surface area contributed by atoms with Crippen molar-refractivity contribution in [3.05, 3.63) is 93.5 Å². The molecule has 156 valence electrons. The van der Waals surface area contributed by atoms with Crippen molar-refractivity contribution >= 4 is 35.3 Å².